The molecule has 1 rings (SSSR count). The monoisotopic (exact) mass is 272 g/mol. The first kappa shape index (κ1) is 16.2. The zero-order valence-corrected chi connectivity index (χ0v) is 12.5. The third kappa shape index (κ3) is 6.93. The molecular formula is C18H24O2. The molecule has 0 fully saturated rings. The predicted molar refractivity (Wildman–Crippen MR) is 83.2 cm³/mol. The molecule has 0 N–H and O–H groups in total. The molecule has 0 heterocycles. The van der Waals surface area contributed by atoms with Gasteiger partial charge in [0.2, 0.25) is 0 Å². The van der Waals surface area contributed by atoms with Crippen molar-refractivity contribution < 1.29 is 9.53 Å². The molecule has 0 aliphatic rings. The molecule has 1 atom stereocenters. The zero-order valence-electron chi connectivity index (χ0n) is 12.5. The summed E-state index contributed by atoms with van der Waals surface area (Å²) in [5.74, 6) is 0.903. The fourth-order valence-electron chi connectivity index (χ4n) is 2.08. The number of carbonyl (C=O) groups is 1. The van der Waals surface area contributed by atoms with E-state index in [0.29, 0.717) is 18.1 Å². The van der Waals surface area contributed by atoms with Crippen LogP contribution in [0.3, 0.4) is 0 Å². The van der Waals surface area contributed by atoms with Crippen LogP contribution >= 0.6 is 0 Å². The smallest absolute Gasteiger partial charge is 0.315 e. The van der Waals surface area contributed by atoms with Crippen molar-refractivity contribution in [3.8, 4) is 0 Å². The van der Waals surface area contributed by atoms with Gasteiger partial charge in [0.05, 0.1) is 6.42 Å². The van der Waals surface area contributed by atoms with E-state index < -0.39 is 0 Å². The first-order valence-electron chi connectivity index (χ1n) is 7.15. The maximum atomic E-state index is 11.8. The third-order valence-corrected chi connectivity index (χ3v) is 3.05. The van der Waals surface area contributed by atoms with E-state index in [4.69, 9.17) is 4.74 Å². The molecule has 0 saturated carbocycles. The summed E-state index contributed by atoms with van der Waals surface area (Å²) in [7, 11) is 0. The van der Waals surface area contributed by atoms with E-state index in [1.165, 1.54) is 0 Å². The van der Waals surface area contributed by atoms with Gasteiger partial charge in [-0.1, -0.05) is 43.3 Å². The maximum absolute atomic E-state index is 11.8. The number of hydrogen-bond donors (Lipinski definition) is 0. The molecule has 1 unspecified atom stereocenters. The van der Waals surface area contributed by atoms with Crippen LogP contribution in [0.1, 0.15) is 38.7 Å². The average molecular weight is 272 g/mol. The fraction of sp³-hybridized carbons (Fsp3) is 0.389. The number of carbonyl (C=O) groups excluding carboxylic acids is 1. The van der Waals surface area contributed by atoms with Gasteiger partial charge in [0, 0.05) is 0 Å². The van der Waals surface area contributed by atoms with Gasteiger partial charge in [0.15, 0.2) is 0 Å². The molecule has 1 aromatic carbocycles. The Bertz CT molecular complexity index is 446. The Hall–Kier alpha value is -1.83. The van der Waals surface area contributed by atoms with Gasteiger partial charge in [0.25, 0.3) is 0 Å². The highest BCUT2D eigenvalue weighted by Crippen LogP contribution is 2.13. The molecule has 0 aromatic heterocycles. The standard InChI is InChI=1S/C18H24O2/c1-4-5-7-10-15(2)13-16(3)20-18(19)14-17-11-8-6-9-12-17/h4,6,8-9,11-13,15H,1,5,7,10,14H2,2-3H3/b16-13+. The minimum Gasteiger partial charge on any atom is -0.431 e. The molecule has 2 heteroatoms. The topological polar surface area (TPSA) is 26.3 Å². The van der Waals surface area contributed by atoms with Crippen LogP contribution in [-0.2, 0) is 16.0 Å². The minimum absolute atomic E-state index is 0.205. The van der Waals surface area contributed by atoms with Crippen LogP contribution in [-0.4, -0.2) is 5.97 Å². The lowest BCUT2D eigenvalue weighted by Gasteiger charge is -2.09. The Balaban J connectivity index is 2.38. The van der Waals surface area contributed by atoms with Crippen LogP contribution in [0.4, 0.5) is 0 Å². The lowest BCUT2D eigenvalue weighted by atomic mass is 10.0. The molecule has 20 heavy (non-hydrogen) atoms. The summed E-state index contributed by atoms with van der Waals surface area (Å²) in [6.45, 7) is 7.69. The first-order valence-corrected chi connectivity index (χ1v) is 7.15. The van der Waals surface area contributed by atoms with Crippen molar-refractivity contribution in [3.63, 3.8) is 0 Å². The van der Waals surface area contributed by atoms with Crippen molar-refractivity contribution >= 4 is 5.97 Å². The van der Waals surface area contributed by atoms with Crippen molar-refractivity contribution in [2.45, 2.75) is 39.5 Å². The molecular weight excluding hydrogens is 248 g/mol. The van der Waals surface area contributed by atoms with Crippen molar-refractivity contribution in [2.75, 3.05) is 0 Å². The van der Waals surface area contributed by atoms with Gasteiger partial charge in [-0.15, -0.1) is 6.58 Å². The number of esters is 1. The number of hydrogen-bond acceptors (Lipinski definition) is 2. The number of rotatable bonds is 8. The highest BCUT2D eigenvalue weighted by molar-refractivity contribution is 5.73. The van der Waals surface area contributed by atoms with E-state index in [9.17, 15) is 4.79 Å². The van der Waals surface area contributed by atoms with E-state index in [2.05, 4.69) is 13.5 Å². The molecule has 0 bridgehead atoms. The van der Waals surface area contributed by atoms with Crippen LogP contribution in [0, 0.1) is 5.92 Å². The summed E-state index contributed by atoms with van der Waals surface area (Å²) < 4.78 is 5.33. The van der Waals surface area contributed by atoms with E-state index in [-0.39, 0.29) is 5.97 Å². The molecule has 0 amide bonds. The molecule has 0 spiro atoms. The minimum atomic E-state index is -0.205. The second kappa shape index (κ2) is 9.13. The largest absolute Gasteiger partial charge is 0.431 e. The number of benzene rings is 1. The quantitative estimate of drug-likeness (QED) is 0.297. The maximum Gasteiger partial charge on any atom is 0.315 e. The van der Waals surface area contributed by atoms with Gasteiger partial charge >= 0.3 is 5.97 Å². The van der Waals surface area contributed by atoms with Crippen LogP contribution in [0.2, 0.25) is 0 Å². The van der Waals surface area contributed by atoms with Gasteiger partial charge < -0.3 is 4.74 Å². The summed E-state index contributed by atoms with van der Waals surface area (Å²) in [4.78, 5) is 11.8. The van der Waals surface area contributed by atoms with E-state index >= 15 is 0 Å². The van der Waals surface area contributed by atoms with Crippen molar-refractivity contribution in [1.29, 1.82) is 0 Å². The second-order valence-corrected chi connectivity index (χ2v) is 5.11. The molecule has 0 aliphatic carbocycles. The average Bonchev–Trinajstić information content (AvgIpc) is 2.39. The van der Waals surface area contributed by atoms with E-state index in [1.54, 1.807) is 0 Å². The number of ether oxygens (including phenoxy) is 1. The fourth-order valence-corrected chi connectivity index (χ4v) is 2.08. The SMILES string of the molecule is C=CCCCC(C)/C=C(\C)OC(=O)Cc1ccccc1. The normalized spacial score (nSPS) is 12.8. The van der Waals surface area contributed by atoms with E-state index in [0.717, 1.165) is 24.8 Å². The van der Waals surface area contributed by atoms with Gasteiger partial charge in [-0.2, -0.15) is 0 Å². The number of allylic oxidation sites excluding steroid dienone is 3. The van der Waals surface area contributed by atoms with Crippen LogP contribution in [0.5, 0.6) is 0 Å². The Kier molecular flexibility index (Phi) is 7.41. The van der Waals surface area contributed by atoms with Crippen LogP contribution in [0.25, 0.3) is 0 Å². The Labute approximate surface area is 122 Å². The van der Waals surface area contributed by atoms with Gasteiger partial charge in [0.1, 0.15) is 5.76 Å². The van der Waals surface area contributed by atoms with Crippen molar-refractivity contribution in [2.24, 2.45) is 5.92 Å². The predicted octanol–water partition coefficient (Wildman–Crippen LogP) is 4.67. The summed E-state index contributed by atoms with van der Waals surface area (Å²) in [6, 6.07) is 9.64. The van der Waals surface area contributed by atoms with Gasteiger partial charge in [-0.05, 0) is 43.7 Å². The van der Waals surface area contributed by atoms with Gasteiger partial charge in [-0.3, -0.25) is 4.79 Å². The van der Waals surface area contributed by atoms with Crippen LogP contribution < -0.4 is 0 Å². The number of unbranched alkanes of at least 4 members (excludes halogenated alkanes) is 1. The molecule has 0 saturated heterocycles. The van der Waals surface area contributed by atoms with Crippen molar-refractivity contribution in [1.82, 2.24) is 0 Å². The molecule has 1 aromatic rings. The zero-order chi connectivity index (χ0) is 14.8. The van der Waals surface area contributed by atoms with Crippen LogP contribution in [0.15, 0.2) is 54.8 Å². The second-order valence-electron chi connectivity index (χ2n) is 5.11. The Morgan fingerprint density at radius 2 is 2.05 bits per heavy atom. The molecule has 108 valence electrons. The lowest BCUT2D eigenvalue weighted by Crippen LogP contribution is -2.07. The summed E-state index contributed by atoms with van der Waals surface area (Å²) >= 11 is 0. The Morgan fingerprint density at radius 3 is 2.70 bits per heavy atom. The highest BCUT2D eigenvalue weighted by Gasteiger charge is 2.06. The summed E-state index contributed by atoms with van der Waals surface area (Å²) in [5, 5.41) is 0. The summed E-state index contributed by atoms with van der Waals surface area (Å²) in [5.41, 5.74) is 0.976. The van der Waals surface area contributed by atoms with Gasteiger partial charge in [-0.25, -0.2) is 0 Å². The molecule has 0 aliphatic heterocycles. The third-order valence-electron chi connectivity index (χ3n) is 3.05. The molecule has 0 radical (unpaired) electrons. The highest BCUT2D eigenvalue weighted by atomic mass is 16.5. The lowest BCUT2D eigenvalue weighted by molar-refractivity contribution is -0.138. The van der Waals surface area contributed by atoms with E-state index in [1.807, 2.05) is 49.4 Å². The molecule has 2 nitrogen and oxygen atoms in total. The van der Waals surface area contributed by atoms with Crippen molar-refractivity contribution in [3.05, 3.63) is 60.4 Å². The Morgan fingerprint density at radius 1 is 1.35 bits per heavy atom. The summed E-state index contributed by atoms with van der Waals surface area (Å²) in [6.07, 6.45) is 7.50. The first-order chi connectivity index (χ1) is 9.61.